The Balaban J connectivity index is 1.59. The van der Waals surface area contributed by atoms with E-state index < -0.39 is 30.6 Å². The molecule has 0 aliphatic carbocycles. The first-order chi connectivity index (χ1) is 19.8. The first-order valence-corrected chi connectivity index (χ1v) is 13.2. The number of carbonyl (C=O) groups is 4. The molecule has 12 heteroatoms. The number of pyridine rings is 1. The predicted molar refractivity (Wildman–Crippen MR) is 148 cm³/mol. The van der Waals surface area contributed by atoms with Crippen LogP contribution < -0.4 is 14.8 Å². The summed E-state index contributed by atoms with van der Waals surface area (Å²) in [5.41, 5.74) is 1.17. The lowest BCUT2D eigenvalue weighted by Crippen LogP contribution is -2.56. The molecule has 0 saturated carbocycles. The summed E-state index contributed by atoms with van der Waals surface area (Å²) in [4.78, 5) is 58.0. The van der Waals surface area contributed by atoms with E-state index in [1.165, 1.54) is 18.1 Å². The second-order valence-electron chi connectivity index (χ2n) is 9.26. The Hall–Kier alpha value is -4.87. The van der Waals surface area contributed by atoms with E-state index in [0.29, 0.717) is 22.6 Å². The van der Waals surface area contributed by atoms with Gasteiger partial charge in [0, 0.05) is 44.1 Å². The molecule has 1 unspecified atom stereocenters. The van der Waals surface area contributed by atoms with Crippen molar-refractivity contribution in [2.24, 2.45) is 0 Å². The number of rotatable bonds is 10. The fraction of sp³-hybridized carbons (Fsp3) is 0.345. The van der Waals surface area contributed by atoms with Crippen LogP contribution in [0.4, 0.5) is 4.79 Å². The molecule has 41 heavy (non-hydrogen) atoms. The Bertz CT molecular complexity index is 1420. The molecule has 0 spiro atoms. The van der Waals surface area contributed by atoms with Crippen molar-refractivity contribution in [3.63, 3.8) is 0 Å². The molecule has 1 aromatic heterocycles. The molecule has 2 heterocycles. The highest BCUT2D eigenvalue weighted by molar-refractivity contribution is 5.99. The Morgan fingerprint density at radius 2 is 1.66 bits per heavy atom. The molecule has 1 aliphatic heterocycles. The topological polar surface area (TPSA) is 148 Å². The van der Waals surface area contributed by atoms with Gasteiger partial charge in [-0.1, -0.05) is 30.3 Å². The monoisotopic (exact) mass is 564 g/mol. The van der Waals surface area contributed by atoms with Crippen molar-refractivity contribution < 1.29 is 38.5 Å². The molecule has 1 saturated heterocycles. The van der Waals surface area contributed by atoms with E-state index in [2.05, 4.69) is 10.3 Å². The average molecular weight is 565 g/mol. The maximum Gasteiger partial charge on any atom is 0.409 e. The Morgan fingerprint density at radius 1 is 0.976 bits per heavy atom. The van der Waals surface area contributed by atoms with Crippen molar-refractivity contribution >= 4 is 34.8 Å². The number of amides is 3. The minimum absolute atomic E-state index is 0.0309. The molecule has 3 aromatic rings. The number of carbonyl (C=O) groups excluding carboxylic acids is 3. The van der Waals surface area contributed by atoms with Crippen LogP contribution in [0, 0.1) is 0 Å². The number of hydrogen-bond donors (Lipinski definition) is 2. The highest BCUT2D eigenvalue weighted by atomic mass is 16.6. The summed E-state index contributed by atoms with van der Waals surface area (Å²) in [7, 11) is 1.50. The molecule has 3 amide bonds. The lowest BCUT2D eigenvalue weighted by atomic mass is 10.0. The van der Waals surface area contributed by atoms with E-state index in [4.69, 9.17) is 19.3 Å². The SMILES string of the molecule is CCOC(=O)N1CCN(C(=O)C(Cc2ccccc2OCC(=O)O)NC(=O)c2cc(OC)c3ccccc3n2)CC1. The van der Waals surface area contributed by atoms with Gasteiger partial charge >= 0.3 is 12.1 Å². The molecule has 12 nitrogen and oxygen atoms in total. The van der Waals surface area contributed by atoms with Crippen molar-refractivity contribution in [2.75, 3.05) is 46.5 Å². The molecular formula is C29H32N4O8. The van der Waals surface area contributed by atoms with Gasteiger partial charge in [-0.15, -0.1) is 0 Å². The molecule has 1 atom stereocenters. The lowest BCUT2D eigenvalue weighted by Gasteiger charge is -2.36. The number of methoxy groups -OCH3 is 1. The first-order valence-electron chi connectivity index (χ1n) is 13.2. The van der Waals surface area contributed by atoms with Crippen LogP contribution in [-0.4, -0.2) is 96.3 Å². The van der Waals surface area contributed by atoms with E-state index in [0.717, 1.165) is 5.39 Å². The van der Waals surface area contributed by atoms with Gasteiger partial charge in [-0.3, -0.25) is 9.59 Å². The van der Waals surface area contributed by atoms with E-state index >= 15 is 0 Å². The fourth-order valence-electron chi connectivity index (χ4n) is 4.58. The fourth-order valence-corrected chi connectivity index (χ4v) is 4.58. The summed E-state index contributed by atoms with van der Waals surface area (Å²) >= 11 is 0. The van der Waals surface area contributed by atoms with E-state index in [9.17, 15) is 19.2 Å². The minimum Gasteiger partial charge on any atom is -0.496 e. The molecule has 1 fully saturated rings. The molecule has 2 N–H and O–H groups in total. The number of para-hydroxylation sites is 2. The van der Waals surface area contributed by atoms with Gasteiger partial charge in [0.05, 0.1) is 19.2 Å². The van der Waals surface area contributed by atoms with Crippen LogP contribution in [0.3, 0.4) is 0 Å². The van der Waals surface area contributed by atoms with Crippen LogP contribution in [0.25, 0.3) is 10.9 Å². The minimum atomic E-state index is -1.14. The molecule has 216 valence electrons. The van der Waals surface area contributed by atoms with Gasteiger partial charge in [-0.05, 0) is 30.7 Å². The number of carboxylic acid groups (broad SMARTS) is 1. The number of aromatic nitrogens is 1. The smallest absolute Gasteiger partial charge is 0.409 e. The quantitative estimate of drug-likeness (QED) is 0.379. The summed E-state index contributed by atoms with van der Waals surface area (Å²) in [5.74, 6) is -1.33. The van der Waals surface area contributed by atoms with Gasteiger partial charge in [0.2, 0.25) is 5.91 Å². The molecular weight excluding hydrogens is 532 g/mol. The Morgan fingerprint density at radius 3 is 2.37 bits per heavy atom. The number of benzene rings is 2. The van der Waals surface area contributed by atoms with Gasteiger partial charge in [0.15, 0.2) is 6.61 Å². The summed E-state index contributed by atoms with van der Waals surface area (Å²) < 4.78 is 16.0. The van der Waals surface area contributed by atoms with Crippen molar-refractivity contribution in [3.05, 3.63) is 65.9 Å². The molecule has 0 bridgehead atoms. The average Bonchev–Trinajstić information content (AvgIpc) is 2.99. The van der Waals surface area contributed by atoms with Crippen LogP contribution in [0.15, 0.2) is 54.6 Å². The number of nitrogens with one attached hydrogen (secondary N) is 1. The molecule has 2 aromatic carbocycles. The van der Waals surface area contributed by atoms with Crippen LogP contribution in [0.2, 0.25) is 0 Å². The van der Waals surface area contributed by atoms with E-state index in [1.807, 2.05) is 12.1 Å². The van der Waals surface area contributed by atoms with Crippen molar-refractivity contribution in [2.45, 2.75) is 19.4 Å². The summed E-state index contributed by atoms with van der Waals surface area (Å²) in [6.45, 7) is 2.50. The maximum absolute atomic E-state index is 13.8. The van der Waals surface area contributed by atoms with Crippen molar-refractivity contribution in [3.8, 4) is 11.5 Å². The number of piperazine rings is 1. The number of hydrogen-bond acceptors (Lipinski definition) is 8. The molecule has 1 aliphatic rings. The molecule has 4 rings (SSSR count). The number of aliphatic carboxylic acids is 1. The number of carboxylic acids is 1. The van der Waals surface area contributed by atoms with Crippen molar-refractivity contribution in [1.29, 1.82) is 0 Å². The Kier molecular flexibility index (Phi) is 9.56. The third kappa shape index (κ3) is 7.21. The maximum atomic E-state index is 13.8. The number of fused-ring (bicyclic) bond motifs is 1. The first kappa shape index (κ1) is 29.1. The number of ether oxygens (including phenoxy) is 3. The van der Waals surface area contributed by atoms with Crippen LogP contribution >= 0.6 is 0 Å². The zero-order chi connectivity index (χ0) is 29.4. The zero-order valence-corrected chi connectivity index (χ0v) is 22.9. The second-order valence-corrected chi connectivity index (χ2v) is 9.26. The Labute approximate surface area is 236 Å². The van der Waals surface area contributed by atoms with E-state index in [-0.39, 0.29) is 50.8 Å². The second kappa shape index (κ2) is 13.5. The van der Waals surface area contributed by atoms with Gasteiger partial charge < -0.3 is 34.4 Å². The van der Waals surface area contributed by atoms with Crippen LogP contribution in [-0.2, 0) is 20.7 Å². The van der Waals surface area contributed by atoms with Crippen molar-refractivity contribution in [1.82, 2.24) is 20.1 Å². The normalized spacial score (nSPS) is 13.8. The third-order valence-electron chi connectivity index (χ3n) is 6.60. The van der Waals surface area contributed by atoms with E-state index in [1.54, 1.807) is 48.2 Å². The zero-order valence-electron chi connectivity index (χ0n) is 22.9. The number of nitrogens with zero attached hydrogens (tertiary/aromatic N) is 3. The van der Waals surface area contributed by atoms with Gasteiger partial charge in [-0.2, -0.15) is 0 Å². The van der Waals surface area contributed by atoms with Gasteiger partial charge in [0.1, 0.15) is 23.2 Å². The largest absolute Gasteiger partial charge is 0.496 e. The van der Waals surface area contributed by atoms with Crippen LogP contribution in [0.1, 0.15) is 23.0 Å². The highest BCUT2D eigenvalue weighted by Gasteiger charge is 2.32. The van der Waals surface area contributed by atoms with Gasteiger partial charge in [0.25, 0.3) is 5.91 Å². The third-order valence-corrected chi connectivity index (χ3v) is 6.60. The standard InChI is InChI=1S/C29H32N4O8/c1-3-40-29(38)33-14-12-32(13-15-33)28(37)23(16-19-8-4-7-11-24(19)41-18-26(34)35)31-27(36)22-17-25(39-2)20-9-5-6-10-21(20)30-22/h4-11,17,23H,3,12-16,18H2,1-2H3,(H,31,36)(H,34,35). The van der Waals surface area contributed by atoms with Gasteiger partial charge in [-0.25, -0.2) is 14.6 Å². The predicted octanol–water partition coefficient (Wildman–Crippen LogP) is 2.35. The molecule has 0 radical (unpaired) electrons. The highest BCUT2D eigenvalue weighted by Crippen LogP contribution is 2.25. The summed E-state index contributed by atoms with van der Waals surface area (Å²) in [6, 6.07) is 14.5. The summed E-state index contributed by atoms with van der Waals surface area (Å²) in [6.07, 6.45) is -0.409. The summed E-state index contributed by atoms with van der Waals surface area (Å²) in [5, 5.41) is 12.6. The lowest BCUT2D eigenvalue weighted by molar-refractivity contribution is -0.139. The van der Waals surface area contributed by atoms with Crippen LogP contribution in [0.5, 0.6) is 11.5 Å².